The largest absolute Gasteiger partial charge is 0.496 e. The van der Waals surface area contributed by atoms with E-state index in [1.807, 2.05) is 23.6 Å². The fourth-order valence-corrected chi connectivity index (χ4v) is 3.42. The molecule has 1 atom stereocenters. The van der Waals surface area contributed by atoms with Gasteiger partial charge in [-0.25, -0.2) is 0 Å². The quantitative estimate of drug-likeness (QED) is 0.790. The van der Waals surface area contributed by atoms with E-state index in [9.17, 15) is 0 Å². The number of rotatable bonds is 6. The normalized spacial score (nSPS) is 12.4. The van der Waals surface area contributed by atoms with Crippen LogP contribution in [0.4, 0.5) is 0 Å². The molecule has 1 unspecified atom stereocenters. The van der Waals surface area contributed by atoms with E-state index < -0.39 is 0 Å². The van der Waals surface area contributed by atoms with Crippen molar-refractivity contribution in [2.24, 2.45) is 0 Å². The Kier molecular flexibility index (Phi) is 5.73. The summed E-state index contributed by atoms with van der Waals surface area (Å²) in [6.07, 6.45) is 1.04. The second-order valence-corrected chi connectivity index (χ2v) is 6.20. The van der Waals surface area contributed by atoms with Gasteiger partial charge in [-0.05, 0) is 48.2 Å². The number of methoxy groups -OCH3 is 1. The molecule has 1 aromatic heterocycles. The first kappa shape index (κ1) is 15.6. The lowest BCUT2D eigenvalue weighted by Gasteiger charge is -2.20. The number of benzene rings is 1. The van der Waals surface area contributed by atoms with Crippen molar-refractivity contribution >= 4 is 34.5 Å². The van der Waals surface area contributed by atoms with Crippen LogP contribution in [0.15, 0.2) is 29.6 Å². The van der Waals surface area contributed by atoms with Crippen LogP contribution in [-0.2, 0) is 0 Å². The van der Waals surface area contributed by atoms with Gasteiger partial charge >= 0.3 is 0 Å². The third-order valence-electron chi connectivity index (χ3n) is 3.01. The molecule has 0 aliphatic carbocycles. The van der Waals surface area contributed by atoms with E-state index in [1.165, 1.54) is 0 Å². The summed E-state index contributed by atoms with van der Waals surface area (Å²) in [5.41, 5.74) is 0.980. The lowest BCUT2D eigenvalue weighted by molar-refractivity contribution is 0.407. The Hall–Kier alpha value is -0.740. The van der Waals surface area contributed by atoms with Crippen molar-refractivity contribution in [3.05, 3.63) is 50.1 Å². The molecule has 0 aliphatic rings. The Labute approximate surface area is 133 Å². The van der Waals surface area contributed by atoms with Crippen LogP contribution in [0.25, 0.3) is 0 Å². The molecule has 0 saturated heterocycles. The molecule has 2 rings (SSSR count). The molecule has 108 valence electrons. The van der Waals surface area contributed by atoms with Crippen LogP contribution >= 0.6 is 34.5 Å². The van der Waals surface area contributed by atoms with E-state index in [1.54, 1.807) is 24.5 Å². The first-order valence-electron chi connectivity index (χ1n) is 6.47. The topological polar surface area (TPSA) is 21.3 Å². The van der Waals surface area contributed by atoms with E-state index in [0.29, 0.717) is 10.0 Å². The number of ether oxygens (including phenoxy) is 1. The minimum Gasteiger partial charge on any atom is -0.496 e. The Balaban J connectivity index is 2.44. The maximum absolute atomic E-state index is 6.35. The van der Waals surface area contributed by atoms with Gasteiger partial charge in [0.15, 0.2) is 0 Å². The SMILES string of the molecule is CCCNC(c1cc(Cl)ccc1Cl)c1sccc1OC. The summed E-state index contributed by atoms with van der Waals surface area (Å²) in [7, 11) is 1.68. The zero-order chi connectivity index (χ0) is 14.5. The molecule has 1 heterocycles. The highest BCUT2D eigenvalue weighted by atomic mass is 35.5. The van der Waals surface area contributed by atoms with Gasteiger partial charge in [0.2, 0.25) is 0 Å². The Morgan fingerprint density at radius 1 is 1.30 bits per heavy atom. The summed E-state index contributed by atoms with van der Waals surface area (Å²) in [5.74, 6) is 0.875. The summed E-state index contributed by atoms with van der Waals surface area (Å²) in [6, 6.07) is 7.52. The molecule has 20 heavy (non-hydrogen) atoms. The molecule has 2 aromatic rings. The Morgan fingerprint density at radius 3 is 2.80 bits per heavy atom. The zero-order valence-electron chi connectivity index (χ0n) is 11.5. The van der Waals surface area contributed by atoms with E-state index in [4.69, 9.17) is 27.9 Å². The minimum absolute atomic E-state index is 0.00361. The predicted molar refractivity (Wildman–Crippen MR) is 87.5 cm³/mol. The lowest BCUT2D eigenvalue weighted by atomic mass is 10.0. The molecular weight excluding hydrogens is 313 g/mol. The van der Waals surface area contributed by atoms with E-state index in [2.05, 4.69) is 12.2 Å². The van der Waals surface area contributed by atoms with Gasteiger partial charge in [-0.1, -0.05) is 30.1 Å². The predicted octanol–water partition coefficient (Wildman–Crippen LogP) is 5.15. The highest BCUT2D eigenvalue weighted by Gasteiger charge is 2.21. The van der Waals surface area contributed by atoms with Crippen LogP contribution in [0.5, 0.6) is 5.75 Å². The summed E-state index contributed by atoms with van der Waals surface area (Å²) in [6.45, 7) is 3.03. The fraction of sp³-hybridized carbons (Fsp3) is 0.333. The Bertz CT molecular complexity index is 571. The van der Waals surface area contributed by atoms with Crippen LogP contribution in [0.3, 0.4) is 0 Å². The average Bonchev–Trinajstić information content (AvgIpc) is 2.91. The second kappa shape index (κ2) is 7.32. The third-order valence-corrected chi connectivity index (χ3v) is 4.55. The Morgan fingerprint density at radius 2 is 2.10 bits per heavy atom. The summed E-state index contributed by atoms with van der Waals surface area (Å²) >= 11 is 14.1. The fourth-order valence-electron chi connectivity index (χ4n) is 2.06. The van der Waals surface area contributed by atoms with Crippen molar-refractivity contribution in [3.63, 3.8) is 0 Å². The lowest BCUT2D eigenvalue weighted by Crippen LogP contribution is -2.23. The van der Waals surface area contributed by atoms with Gasteiger partial charge in [0.1, 0.15) is 5.75 Å². The van der Waals surface area contributed by atoms with E-state index in [0.717, 1.165) is 29.2 Å². The van der Waals surface area contributed by atoms with Gasteiger partial charge in [-0.15, -0.1) is 11.3 Å². The molecule has 0 fully saturated rings. The maximum atomic E-state index is 6.35. The second-order valence-electron chi connectivity index (χ2n) is 4.41. The van der Waals surface area contributed by atoms with Crippen molar-refractivity contribution in [3.8, 4) is 5.75 Å². The zero-order valence-corrected chi connectivity index (χ0v) is 13.8. The van der Waals surface area contributed by atoms with Crippen molar-refractivity contribution in [2.45, 2.75) is 19.4 Å². The van der Waals surface area contributed by atoms with Gasteiger partial charge in [0.25, 0.3) is 0 Å². The number of nitrogens with one attached hydrogen (secondary N) is 1. The molecule has 0 aliphatic heterocycles. The molecule has 0 saturated carbocycles. The molecule has 0 amide bonds. The van der Waals surface area contributed by atoms with Crippen LogP contribution in [0.2, 0.25) is 10.0 Å². The number of thiophene rings is 1. The van der Waals surface area contributed by atoms with Crippen LogP contribution in [-0.4, -0.2) is 13.7 Å². The van der Waals surface area contributed by atoms with Crippen molar-refractivity contribution in [1.29, 1.82) is 0 Å². The van der Waals surface area contributed by atoms with E-state index in [-0.39, 0.29) is 6.04 Å². The highest BCUT2D eigenvalue weighted by Crippen LogP contribution is 2.38. The molecule has 2 nitrogen and oxygen atoms in total. The molecule has 0 radical (unpaired) electrons. The van der Waals surface area contributed by atoms with Gasteiger partial charge in [-0.3, -0.25) is 0 Å². The van der Waals surface area contributed by atoms with Crippen LogP contribution in [0.1, 0.15) is 29.8 Å². The number of hydrogen-bond acceptors (Lipinski definition) is 3. The van der Waals surface area contributed by atoms with Crippen molar-refractivity contribution in [2.75, 3.05) is 13.7 Å². The van der Waals surface area contributed by atoms with Crippen molar-refractivity contribution in [1.82, 2.24) is 5.32 Å². The van der Waals surface area contributed by atoms with E-state index >= 15 is 0 Å². The smallest absolute Gasteiger partial charge is 0.134 e. The number of halogens is 2. The van der Waals surface area contributed by atoms with Gasteiger partial charge in [0.05, 0.1) is 18.0 Å². The van der Waals surface area contributed by atoms with Gasteiger partial charge in [-0.2, -0.15) is 0 Å². The summed E-state index contributed by atoms with van der Waals surface area (Å²) in [4.78, 5) is 1.12. The first-order valence-corrected chi connectivity index (χ1v) is 8.10. The molecular formula is C15H17Cl2NOS. The van der Waals surface area contributed by atoms with Crippen LogP contribution < -0.4 is 10.1 Å². The standard InChI is InChI=1S/C15H17Cl2NOS/c1-3-7-18-14(15-13(19-2)6-8-20-15)11-9-10(16)4-5-12(11)17/h4-6,8-9,14,18H,3,7H2,1-2H3. The molecule has 0 spiro atoms. The van der Waals surface area contributed by atoms with Gasteiger partial charge in [0, 0.05) is 10.0 Å². The summed E-state index contributed by atoms with van der Waals surface area (Å²) < 4.78 is 5.43. The average molecular weight is 330 g/mol. The number of hydrogen-bond donors (Lipinski definition) is 1. The third kappa shape index (κ3) is 3.47. The molecule has 1 aromatic carbocycles. The highest BCUT2D eigenvalue weighted by molar-refractivity contribution is 7.10. The summed E-state index contributed by atoms with van der Waals surface area (Å²) in [5, 5.41) is 6.93. The molecule has 5 heteroatoms. The van der Waals surface area contributed by atoms with Crippen molar-refractivity contribution < 1.29 is 4.74 Å². The molecule has 1 N–H and O–H groups in total. The monoisotopic (exact) mass is 329 g/mol. The van der Waals surface area contributed by atoms with Gasteiger partial charge < -0.3 is 10.1 Å². The van der Waals surface area contributed by atoms with Crippen LogP contribution in [0, 0.1) is 0 Å². The minimum atomic E-state index is -0.00361. The maximum Gasteiger partial charge on any atom is 0.134 e. The first-order chi connectivity index (χ1) is 9.67. The molecule has 0 bridgehead atoms.